The molecule has 3 N–H and O–H groups in total. The van der Waals surface area contributed by atoms with Gasteiger partial charge in [-0.1, -0.05) is 334 Å². The Balaban J connectivity index is 3.40. The fourth-order valence-corrected chi connectivity index (χ4v) is 10.9. The van der Waals surface area contributed by atoms with Crippen molar-refractivity contribution in [3.63, 3.8) is 0 Å². The normalized spacial score (nSPS) is 12.5. The van der Waals surface area contributed by atoms with E-state index in [1.807, 2.05) is 0 Å². The molecule has 0 rings (SSSR count). The monoisotopic (exact) mass is 1040 g/mol. The van der Waals surface area contributed by atoms with Gasteiger partial charge in [0.15, 0.2) is 0 Å². The minimum atomic E-state index is -0.666. The van der Waals surface area contributed by atoms with Crippen LogP contribution in [-0.2, 0) is 14.3 Å². The molecule has 6 heteroatoms. The van der Waals surface area contributed by atoms with Gasteiger partial charge in [0.25, 0.3) is 0 Å². The van der Waals surface area contributed by atoms with Crippen LogP contribution in [0, 0.1) is 0 Å². The van der Waals surface area contributed by atoms with E-state index in [2.05, 4.69) is 31.3 Å². The van der Waals surface area contributed by atoms with Gasteiger partial charge in [0, 0.05) is 12.8 Å². The smallest absolute Gasteiger partial charge is 0.305 e. The summed E-state index contributed by atoms with van der Waals surface area (Å²) in [7, 11) is 0. The molecule has 0 aromatic carbocycles. The number of amides is 1. The number of rotatable bonds is 64. The standard InChI is InChI=1S/C68H133NO5/c1-3-5-7-9-11-13-15-16-17-18-19-25-28-31-34-37-41-44-48-52-56-60-66(71)65(64-70)69-67(72)61-57-53-49-45-42-38-35-32-29-26-23-21-20-22-24-27-30-33-36-39-43-47-51-55-59-63-74-68(73)62-58-54-50-46-40-14-12-10-8-6-4-2/h21,23,65-66,70-71H,3-20,22,24-64H2,1-2H3,(H,69,72)/b23-21-. The second kappa shape index (κ2) is 64.1. The Bertz CT molecular complexity index is 1110. The first kappa shape index (κ1) is 72.6. The van der Waals surface area contributed by atoms with E-state index in [0.717, 1.165) is 38.5 Å². The molecule has 0 saturated carbocycles. The number of hydrogen-bond donors (Lipinski definition) is 3. The van der Waals surface area contributed by atoms with E-state index >= 15 is 0 Å². The summed E-state index contributed by atoms with van der Waals surface area (Å²) in [5, 5.41) is 23.4. The highest BCUT2D eigenvalue weighted by Crippen LogP contribution is 2.19. The van der Waals surface area contributed by atoms with Gasteiger partial charge >= 0.3 is 5.97 Å². The first-order valence-electron chi connectivity index (χ1n) is 33.9. The van der Waals surface area contributed by atoms with Crippen LogP contribution in [0.4, 0.5) is 0 Å². The van der Waals surface area contributed by atoms with Crippen LogP contribution in [0.1, 0.15) is 386 Å². The van der Waals surface area contributed by atoms with Crippen LogP contribution in [0.25, 0.3) is 0 Å². The quantitative estimate of drug-likeness (QED) is 0.0320. The minimum absolute atomic E-state index is 0.0141. The number of hydrogen-bond acceptors (Lipinski definition) is 5. The Kier molecular flexibility index (Phi) is 62.9. The summed E-state index contributed by atoms with van der Waals surface area (Å²) < 4.78 is 5.47. The number of unbranched alkanes of at least 4 members (excludes halogenated alkanes) is 51. The molecule has 0 heterocycles. The van der Waals surface area contributed by atoms with Crippen LogP contribution in [0.2, 0.25) is 0 Å². The van der Waals surface area contributed by atoms with Crippen LogP contribution >= 0.6 is 0 Å². The van der Waals surface area contributed by atoms with E-state index in [-0.39, 0.29) is 18.5 Å². The van der Waals surface area contributed by atoms with E-state index in [9.17, 15) is 19.8 Å². The molecule has 6 nitrogen and oxygen atoms in total. The third-order valence-corrected chi connectivity index (χ3v) is 16.1. The van der Waals surface area contributed by atoms with Gasteiger partial charge in [0.1, 0.15) is 0 Å². The second-order valence-electron chi connectivity index (χ2n) is 23.5. The number of carbonyl (C=O) groups is 2. The summed E-state index contributed by atoms with van der Waals surface area (Å²) in [6.07, 6.45) is 78.2. The number of aliphatic hydroxyl groups excluding tert-OH is 2. The van der Waals surface area contributed by atoms with Gasteiger partial charge in [-0.25, -0.2) is 0 Å². The molecule has 74 heavy (non-hydrogen) atoms. The summed E-state index contributed by atoms with van der Waals surface area (Å²) in [5.41, 5.74) is 0. The predicted octanol–water partition coefficient (Wildman–Crippen LogP) is 21.6. The Morgan fingerprint density at radius 2 is 0.635 bits per heavy atom. The molecule has 0 bridgehead atoms. The zero-order valence-electron chi connectivity index (χ0n) is 50.4. The van der Waals surface area contributed by atoms with Gasteiger partial charge in [-0.3, -0.25) is 9.59 Å². The van der Waals surface area contributed by atoms with E-state index < -0.39 is 12.1 Å². The Labute approximate surface area is 463 Å². The summed E-state index contributed by atoms with van der Waals surface area (Å²) >= 11 is 0. The van der Waals surface area contributed by atoms with Gasteiger partial charge in [-0.05, 0) is 51.4 Å². The number of esters is 1. The number of aliphatic hydroxyl groups is 2. The van der Waals surface area contributed by atoms with Gasteiger partial charge in [-0.15, -0.1) is 0 Å². The first-order valence-corrected chi connectivity index (χ1v) is 33.9. The fraction of sp³-hybridized carbons (Fsp3) is 0.941. The molecule has 0 fully saturated rings. The molecule has 0 saturated heterocycles. The molecule has 0 aliphatic carbocycles. The molecule has 0 radical (unpaired) electrons. The number of nitrogens with one attached hydrogen (secondary N) is 1. The molecular weight excluding hydrogens is 911 g/mol. The molecule has 0 aliphatic heterocycles. The van der Waals surface area contributed by atoms with Gasteiger partial charge in [0.05, 0.1) is 25.4 Å². The van der Waals surface area contributed by atoms with E-state index in [4.69, 9.17) is 4.74 Å². The summed E-state index contributed by atoms with van der Waals surface area (Å²) in [6.45, 7) is 4.99. The van der Waals surface area contributed by atoms with Gasteiger partial charge < -0.3 is 20.3 Å². The second-order valence-corrected chi connectivity index (χ2v) is 23.5. The van der Waals surface area contributed by atoms with E-state index in [0.29, 0.717) is 25.9 Å². The average molecular weight is 1040 g/mol. The lowest BCUT2D eigenvalue weighted by Gasteiger charge is -2.22. The van der Waals surface area contributed by atoms with E-state index in [1.165, 1.54) is 315 Å². The van der Waals surface area contributed by atoms with Crippen LogP contribution in [-0.4, -0.2) is 47.4 Å². The SMILES string of the molecule is CCCCCCCCCCCCCCCCCCCCCCCC(O)C(CO)NC(=O)CCCCCCCCCCC/C=C\CCCCCCCCCCCCCCOC(=O)CCCCCCCCCCCCC. The molecule has 2 atom stereocenters. The molecule has 2 unspecified atom stereocenters. The fourth-order valence-electron chi connectivity index (χ4n) is 10.9. The van der Waals surface area contributed by atoms with Crippen molar-refractivity contribution in [3.8, 4) is 0 Å². The average Bonchev–Trinajstić information content (AvgIpc) is 3.40. The van der Waals surface area contributed by atoms with Crippen molar-refractivity contribution in [2.45, 2.75) is 398 Å². The van der Waals surface area contributed by atoms with Crippen LogP contribution in [0.5, 0.6) is 0 Å². The lowest BCUT2D eigenvalue weighted by atomic mass is 10.0. The predicted molar refractivity (Wildman–Crippen MR) is 324 cm³/mol. The first-order chi connectivity index (χ1) is 36.5. The highest BCUT2D eigenvalue weighted by molar-refractivity contribution is 5.76. The minimum Gasteiger partial charge on any atom is -0.466 e. The van der Waals surface area contributed by atoms with E-state index in [1.54, 1.807) is 0 Å². The van der Waals surface area contributed by atoms with Crippen molar-refractivity contribution in [1.82, 2.24) is 5.32 Å². The lowest BCUT2D eigenvalue weighted by Crippen LogP contribution is -2.45. The maximum absolute atomic E-state index is 12.5. The van der Waals surface area contributed by atoms with Crippen molar-refractivity contribution in [2.75, 3.05) is 13.2 Å². The zero-order valence-corrected chi connectivity index (χ0v) is 50.4. The molecule has 440 valence electrons. The molecule has 0 aromatic rings. The topological polar surface area (TPSA) is 95.9 Å². The summed E-state index contributed by atoms with van der Waals surface area (Å²) in [4.78, 5) is 24.5. The number of allylic oxidation sites excluding steroid dienone is 2. The summed E-state index contributed by atoms with van der Waals surface area (Å²) in [6, 6.07) is -0.544. The highest BCUT2D eigenvalue weighted by Gasteiger charge is 2.20. The maximum atomic E-state index is 12.5. The third kappa shape index (κ3) is 59.8. The highest BCUT2D eigenvalue weighted by atomic mass is 16.5. The van der Waals surface area contributed by atoms with Gasteiger partial charge in [0.2, 0.25) is 5.91 Å². The van der Waals surface area contributed by atoms with Gasteiger partial charge in [-0.2, -0.15) is 0 Å². The number of carbonyl (C=O) groups excluding carboxylic acids is 2. The Morgan fingerprint density at radius 3 is 0.959 bits per heavy atom. The molecular formula is C68H133NO5. The van der Waals surface area contributed by atoms with Crippen LogP contribution in [0.15, 0.2) is 12.2 Å². The number of ether oxygens (including phenoxy) is 1. The Morgan fingerprint density at radius 1 is 0.365 bits per heavy atom. The lowest BCUT2D eigenvalue weighted by molar-refractivity contribution is -0.143. The summed E-state index contributed by atoms with van der Waals surface area (Å²) in [5.74, 6) is -0.0194. The maximum Gasteiger partial charge on any atom is 0.305 e. The van der Waals surface area contributed by atoms with Crippen LogP contribution < -0.4 is 5.32 Å². The molecule has 1 amide bonds. The van der Waals surface area contributed by atoms with Crippen molar-refractivity contribution in [2.24, 2.45) is 0 Å². The van der Waals surface area contributed by atoms with Crippen LogP contribution in [0.3, 0.4) is 0 Å². The largest absolute Gasteiger partial charge is 0.466 e. The Hall–Kier alpha value is -1.40. The van der Waals surface area contributed by atoms with Crippen molar-refractivity contribution < 1.29 is 24.5 Å². The zero-order chi connectivity index (χ0) is 53.6. The molecule has 0 spiro atoms. The van der Waals surface area contributed by atoms with Crippen molar-refractivity contribution >= 4 is 11.9 Å². The molecule has 0 aliphatic rings. The van der Waals surface area contributed by atoms with Crippen molar-refractivity contribution in [1.29, 1.82) is 0 Å². The van der Waals surface area contributed by atoms with Crippen molar-refractivity contribution in [3.05, 3.63) is 12.2 Å². The molecule has 0 aromatic heterocycles. The third-order valence-electron chi connectivity index (χ3n) is 16.1.